The standard InChI is InChI=1S/C19H13Cl2N3O2/c20-15-9-4-10-16(17(15)21)23-18(25)19(26)24-22-11-13-7-3-6-12-5-1-2-8-14(12)13/h1-11H,(H,23,25)(H,24,26)/b22-11-. The zero-order valence-electron chi connectivity index (χ0n) is 13.4. The molecule has 130 valence electrons. The Hall–Kier alpha value is -2.89. The van der Waals surface area contributed by atoms with Crippen molar-refractivity contribution in [3.05, 3.63) is 76.3 Å². The van der Waals surface area contributed by atoms with Gasteiger partial charge in [-0.05, 0) is 22.9 Å². The van der Waals surface area contributed by atoms with Gasteiger partial charge in [-0.25, -0.2) is 5.43 Å². The van der Waals surface area contributed by atoms with Gasteiger partial charge in [0.25, 0.3) is 0 Å². The van der Waals surface area contributed by atoms with E-state index in [-0.39, 0.29) is 15.7 Å². The molecule has 0 aliphatic rings. The van der Waals surface area contributed by atoms with Crippen molar-refractivity contribution in [2.24, 2.45) is 5.10 Å². The van der Waals surface area contributed by atoms with Crippen LogP contribution in [0, 0.1) is 0 Å². The Labute approximate surface area is 159 Å². The molecule has 0 saturated heterocycles. The molecule has 0 aliphatic heterocycles. The molecule has 0 radical (unpaired) electrons. The number of hydrogen-bond acceptors (Lipinski definition) is 3. The minimum Gasteiger partial charge on any atom is -0.316 e. The maximum Gasteiger partial charge on any atom is 0.329 e. The van der Waals surface area contributed by atoms with Gasteiger partial charge in [0.05, 0.1) is 21.9 Å². The molecule has 0 unspecified atom stereocenters. The Bertz CT molecular complexity index is 1010. The van der Waals surface area contributed by atoms with Gasteiger partial charge < -0.3 is 5.32 Å². The van der Waals surface area contributed by atoms with Crippen molar-refractivity contribution in [3.63, 3.8) is 0 Å². The summed E-state index contributed by atoms with van der Waals surface area (Å²) in [7, 11) is 0. The first kappa shape index (κ1) is 17.9. The Morgan fingerprint density at radius 3 is 2.46 bits per heavy atom. The predicted molar refractivity (Wildman–Crippen MR) is 105 cm³/mol. The first-order chi connectivity index (χ1) is 12.6. The van der Waals surface area contributed by atoms with E-state index >= 15 is 0 Å². The van der Waals surface area contributed by atoms with Gasteiger partial charge in [0, 0.05) is 5.56 Å². The number of nitrogens with one attached hydrogen (secondary N) is 2. The molecule has 0 spiro atoms. The number of fused-ring (bicyclic) bond motifs is 1. The summed E-state index contributed by atoms with van der Waals surface area (Å²) in [5, 5.41) is 8.72. The van der Waals surface area contributed by atoms with Crippen molar-refractivity contribution in [3.8, 4) is 0 Å². The lowest BCUT2D eigenvalue weighted by Crippen LogP contribution is -2.32. The third-order valence-corrected chi connectivity index (χ3v) is 4.42. The van der Waals surface area contributed by atoms with E-state index < -0.39 is 11.8 Å². The second kappa shape index (κ2) is 7.99. The second-order valence-electron chi connectivity index (χ2n) is 5.32. The molecule has 0 aromatic heterocycles. The molecular weight excluding hydrogens is 373 g/mol. The number of carbonyl (C=O) groups excluding carboxylic acids is 2. The van der Waals surface area contributed by atoms with Crippen molar-refractivity contribution >= 4 is 57.7 Å². The molecule has 2 amide bonds. The van der Waals surface area contributed by atoms with Crippen molar-refractivity contribution in [1.82, 2.24) is 5.43 Å². The number of rotatable bonds is 3. The summed E-state index contributed by atoms with van der Waals surface area (Å²) in [6.07, 6.45) is 1.49. The van der Waals surface area contributed by atoms with Crippen LogP contribution in [0.3, 0.4) is 0 Å². The Morgan fingerprint density at radius 2 is 1.62 bits per heavy atom. The number of amides is 2. The molecule has 3 rings (SSSR count). The molecule has 26 heavy (non-hydrogen) atoms. The summed E-state index contributed by atoms with van der Waals surface area (Å²) in [5.74, 6) is -1.82. The molecular formula is C19H13Cl2N3O2. The van der Waals surface area contributed by atoms with E-state index in [4.69, 9.17) is 23.2 Å². The van der Waals surface area contributed by atoms with Crippen LogP contribution in [0.2, 0.25) is 10.0 Å². The predicted octanol–water partition coefficient (Wildman–Crippen LogP) is 4.24. The monoisotopic (exact) mass is 385 g/mol. The SMILES string of the molecule is O=C(N/N=C\c1cccc2ccccc12)C(=O)Nc1cccc(Cl)c1Cl. The Kier molecular flexibility index (Phi) is 5.51. The van der Waals surface area contributed by atoms with Crippen LogP contribution in [-0.4, -0.2) is 18.0 Å². The highest BCUT2D eigenvalue weighted by molar-refractivity contribution is 6.45. The number of nitrogens with zero attached hydrogens (tertiary/aromatic N) is 1. The number of benzene rings is 3. The molecule has 0 heterocycles. The van der Waals surface area contributed by atoms with E-state index in [0.717, 1.165) is 16.3 Å². The topological polar surface area (TPSA) is 70.6 Å². The summed E-state index contributed by atoms with van der Waals surface area (Å²) < 4.78 is 0. The van der Waals surface area contributed by atoms with Gasteiger partial charge in [-0.3, -0.25) is 9.59 Å². The first-order valence-corrected chi connectivity index (χ1v) is 8.38. The average molecular weight is 386 g/mol. The van der Waals surface area contributed by atoms with Gasteiger partial charge in [-0.15, -0.1) is 0 Å². The van der Waals surface area contributed by atoms with Crippen LogP contribution in [0.1, 0.15) is 5.56 Å². The fourth-order valence-electron chi connectivity index (χ4n) is 2.35. The minimum absolute atomic E-state index is 0.162. The largest absolute Gasteiger partial charge is 0.329 e. The lowest BCUT2D eigenvalue weighted by atomic mass is 10.1. The summed E-state index contributed by atoms with van der Waals surface area (Å²) in [6, 6.07) is 18.3. The van der Waals surface area contributed by atoms with Crippen molar-refractivity contribution in [2.45, 2.75) is 0 Å². The number of hydrogen-bond donors (Lipinski definition) is 2. The summed E-state index contributed by atoms with van der Waals surface area (Å²) in [4.78, 5) is 23.8. The van der Waals surface area contributed by atoms with Crippen molar-refractivity contribution < 1.29 is 9.59 Å². The van der Waals surface area contributed by atoms with Crippen LogP contribution in [0.4, 0.5) is 5.69 Å². The normalized spacial score (nSPS) is 10.8. The van der Waals surface area contributed by atoms with Gasteiger partial charge in [-0.1, -0.05) is 71.7 Å². The zero-order valence-corrected chi connectivity index (χ0v) is 14.9. The molecule has 0 aliphatic carbocycles. The highest BCUT2D eigenvalue weighted by Crippen LogP contribution is 2.29. The van der Waals surface area contributed by atoms with Gasteiger partial charge in [-0.2, -0.15) is 5.10 Å². The maximum absolute atomic E-state index is 11.9. The molecule has 5 nitrogen and oxygen atoms in total. The Morgan fingerprint density at radius 1 is 0.885 bits per heavy atom. The van der Waals surface area contributed by atoms with E-state index in [1.807, 2.05) is 42.5 Å². The molecule has 3 aromatic rings. The fraction of sp³-hybridized carbons (Fsp3) is 0. The van der Waals surface area contributed by atoms with E-state index in [1.165, 1.54) is 6.21 Å². The summed E-state index contributed by atoms with van der Waals surface area (Å²) >= 11 is 11.8. The van der Waals surface area contributed by atoms with E-state index in [9.17, 15) is 9.59 Å². The molecule has 0 atom stereocenters. The van der Waals surface area contributed by atoms with Gasteiger partial charge in [0.2, 0.25) is 0 Å². The molecule has 3 aromatic carbocycles. The lowest BCUT2D eigenvalue weighted by Gasteiger charge is -2.07. The first-order valence-electron chi connectivity index (χ1n) is 7.62. The zero-order chi connectivity index (χ0) is 18.5. The van der Waals surface area contributed by atoms with Crippen molar-refractivity contribution in [2.75, 3.05) is 5.32 Å². The van der Waals surface area contributed by atoms with Gasteiger partial charge in [0.1, 0.15) is 0 Å². The molecule has 0 fully saturated rings. The van der Waals surface area contributed by atoms with Crippen LogP contribution in [0.5, 0.6) is 0 Å². The van der Waals surface area contributed by atoms with Gasteiger partial charge >= 0.3 is 11.8 Å². The number of anilines is 1. The van der Waals surface area contributed by atoms with Crippen molar-refractivity contribution in [1.29, 1.82) is 0 Å². The number of hydrazone groups is 1. The molecule has 0 bridgehead atoms. The van der Waals surface area contributed by atoms with Crippen LogP contribution in [0.25, 0.3) is 10.8 Å². The van der Waals surface area contributed by atoms with E-state index in [1.54, 1.807) is 18.2 Å². The summed E-state index contributed by atoms with van der Waals surface area (Å²) in [5.41, 5.74) is 3.26. The molecule has 0 saturated carbocycles. The van der Waals surface area contributed by atoms with Crippen LogP contribution in [-0.2, 0) is 9.59 Å². The fourth-order valence-corrected chi connectivity index (χ4v) is 2.70. The van der Waals surface area contributed by atoms with E-state index in [0.29, 0.717) is 0 Å². The number of halogens is 2. The third-order valence-electron chi connectivity index (χ3n) is 3.60. The summed E-state index contributed by atoms with van der Waals surface area (Å²) in [6.45, 7) is 0. The maximum atomic E-state index is 11.9. The van der Waals surface area contributed by atoms with E-state index in [2.05, 4.69) is 15.8 Å². The molecule has 2 N–H and O–H groups in total. The minimum atomic E-state index is -0.919. The quantitative estimate of drug-likeness (QED) is 0.402. The smallest absolute Gasteiger partial charge is 0.316 e. The van der Waals surface area contributed by atoms with Crippen LogP contribution >= 0.6 is 23.2 Å². The van der Waals surface area contributed by atoms with Crippen LogP contribution in [0.15, 0.2) is 65.8 Å². The highest BCUT2D eigenvalue weighted by atomic mass is 35.5. The number of carbonyl (C=O) groups is 2. The lowest BCUT2D eigenvalue weighted by molar-refractivity contribution is -0.136. The van der Waals surface area contributed by atoms with Crippen LogP contribution < -0.4 is 10.7 Å². The second-order valence-corrected chi connectivity index (χ2v) is 6.11. The molecule has 7 heteroatoms. The average Bonchev–Trinajstić information content (AvgIpc) is 2.65. The highest BCUT2D eigenvalue weighted by Gasteiger charge is 2.15. The Balaban J connectivity index is 1.67. The third kappa shape index (κ3) is 4.02. The van der Waals surface area contributed by atoms with Gasteiger partial charge in [0.15, 0.2) is 0 Å².